The Balaban J connectivity index is 1.47. The first-order valence-electron chi connectivity index (χ1n) is 11.2. The Hall–Kier alpha value is -3.65. The molecule has 0 bridgehead atoms. The molecule has 1 N–H and O–H groups in total. The second-order valence-electron chi connectivity index (χ2n) is 8.47. The number of ketones is 1. The van der Waals surface area contributed by atoms with E-state index in [-0.39, 0.29) is 17.3 Å². The molecular weight excluding hydrogens is 416 g/mol. The Morgan fingerprint density at radius 1 is 1.18 bits per heavy atom. The van der Waals surface area contributed by atoms with Crippen LogP contribution in [0.15, 0.2) is 59.8 Å². The average molecular weight is 443 g/mol. The summed E-state index contributed by atoms with van der Waals surface area (Å²) < 4.78 is 1.56. The smallest absolute Gasteiger partial charge is 0.255 e. The highest BCUT2D eigenvalue weighted by Crippen LogP contribution is 2.29. The summed E-state index contributed by atoms with van der Waals surface area (Å²) in [5.74, 6) is 0.814. The van der Waals surface area contributed by atoms with E-state index in [1.807, 2.05) is 24.3 Å². The van der Waals surface area contributed by atoms with Gasteiger partial charge in [-0.05, 0) is 36.6 Å². The molecule has 2 aliphatic rings. The minimum Gasteiger partial charge on any atom is -0.338 e. The molecule has 1 unspecified atom stereocenters. The van der Waals surface area contributed by atoms with Crippen LogP contribution in [-0.2, 0) is 7.05 Å². The van der Waals surface area contributed by atoms with Gasteiger partial charge in [-0.1, -0.05) is 30.3 Å². The molecule has 2 aromatic heterocycles. The van der Waals surface area contributed by atoms with Gasteiger partial charge in [-0.2, -0.15) is 0 Å². The van der Waals surface area contributed by atoms with Gasteiger partial charge in [0.15, 0.2) is 5.78 Å². The van der Waals surface area contributed by atoms with E-state index in [4.69, 9.17) is 4.98 Å². The van der Waals surface area contributed by atoms with Crippen molar-refractivity contribution in [1.29, 1.82) is 0 Å². The van der Waals surface area contributed by atoms with Crippen molar-refractivity contribution in [3.63, 3.8) is 0 Å². The third kappa shape index (κ3) is 4.21. The molecule has 0 spiro atoms. The second-order valence-corrected chi connectivity index (χ2v) is 8.47. The molecular formula is C25H26N6O2. The molecule has 0 amide bonds. The first-order chi connectivity index (χ1) is 16.1. The van der Waals surface area contributed by atoms with E-state index in [1.165, 1.54) is 12.4 Å². The molecule has 5 rings (SSSR count). The predicted octanol–water partition coefficient (Wildman–Crippen LogP) is 2.32. The van der Waals surface area contributed by atoms with Crippen molar-refractivity contribution in [2.45, 2.75) is 12.8 Å². The molecule has 33 heavy (non-hydrogen) atoms. The van der Waals surface area contributed by atoms with Crippen molar-refractivity contribution in [1.82, 2.24) is 24.8 Å². The minimum absolute atomic E-state index is 0.0264. The summed E-state index contributed by atoms with van der Waals surface area (Å²) in [6.45, 7) is 2.93. The number of nitrogens with one attached hydrogen (secondary N) is 1. The Morgan fingerprint density at radius 3 is 2.85 bits per heavy atom. The Kier molecular flexibility index (Phi) is 5.83. The van der Waals surface area contributed by atoms with Gasteiger partial charge in [-0.15, -0.1) is 0 Å². The molecule has 1 saturated heterocycles. The van der Waals surface area contributed by atoms with E-state index < -0.39 is 0 Å². The number of Topliss-reactive ketones (excluding diaryl/α,β-unsaturated/α-hetero) is 1. The highest BCUT2D eigenvalue weighted by Gasteiger charge is 2.27. The summed E-state index contributed by atoms with van der Waals surface area (Å²) >= 11 is 0. The summed E-state index contributed by atoms with van der Waals surface area (Å²) in [6.07, 6.45) is 6.96. The van der Waals surface area contributed by atoms with E-state index >= 15 is 0 Å². The molecule has 8 heteroatoms. The zero-order valence-electron chi connectivity index (χ0n) is 18.6. The van der Waals surface area contributed by atoms with Gasteiger partial charge < -0.3 is 10.2 Å². The molecule has 2 aliphatic heterocycles. The summed E-state index contributed by atoms with van der Waals surface area (Å²) in [4.78, 5) is 41.0. The lowest BCUT2D eigenvalue weighted by Gasteiger charge is -2.30. The Morgan fingerprint density at radius 2 is 2.06 bits per heavy atom. The number of benzene rings is 1. The van der Waals surface area contributed by atoms with Gasteiger partial charge in [-0.3, -0.25) is 14.2 Å². The largest absolute Gasteiger partial charge is 0.338 e. The molecule has 1 aromatic carbocycles. The van der Waals surface area contributed by atoms with Crippen LogP contribution in [0.4, 0.5) is 5.95 Å². The monoisotopic (exact) mass is 442 g/mol. The molecule has 168 valence electrons. The third-order valence-corrected chi connectivity index (χ3v) is 6.36. The Bertz CT molecular complexity index is 1260. The van der Waals surface area contributed by atoms with Crippen LogP contribution in [0, 0.1) is 5.92 Å². The molecule has 0 aliphatic carbocycles. The highest BCUT2D eigenvalue weighted by atomic mass is 16.1. The van der Waals surface area contributed by atoms with Crippen LogP contribution in [0.1, 0.15) is 28.8 Å². The number of anilines is 1. The average Bonchev–Trinajstić information content (AvgIpc) is 3.41. The van der Waals surface area contributed by atoms with Crippen LogP contribution in [0.2, 0.25) is 0 Å². The van der Waals surface area contributed by atoms with E-state index in [0.717, 1.165) is 49.2 Å². The van der Waals surface area contributed by atoms with Gasteiger partial charge in [0.05, 0.1) is 11.4 Å². The fourth-order valence-corrected chi connectivity index (χ4v) is 4.57. The van der Waals surface area contributed by atoms with Crippen molar-refractivity contribution in [2.75, 3.05) is 31.1 Å². The molecule has 4 heterocycles. The molecule has 1 fully saturated rings. The second kappa shape index (κ2) is 9.07. The fourth-order valence-electron chi connectivity index (χ4n) is 4.57. The van der Waals surface area contributed by atoms with Gasteiger partial charge in [0.1, 0.15) is 6.33 Å². The van der Waals surface area contributed by atoms with E-state index in [0.29, 0.717) is 23.9 Å². The zero-order chi connectivity index (χ0) is 22.8. The maximum absolute atomic E-state index is 13.2. The summed E-state index contributed by atoms with van der Waals surface area (Å²) in [5, 5.41) is 3.29. The number of carbonyl (C=O) groups is 1. The number of rotatable bonds is 5. The van der Waals surface area contributed by atoms with Gasteiger partial charge in [0.2, 0.25) is 5.95 Å². The van der Waals surface area contributed by atoms with Crippen molar-refractivity contribution in [2.24, 2.45) is 13.0 Å². The van der Waals surface area contributed by atoms with Crippen molar-refractivity contribution in [3.8, 4) is 11.4 Å². The number of nitrogens with zero attached hydrogens (tertiary/aromatic N) is 5. The summed E-state index contributed by atoms with van der Waals surface area (Å²) in [7, 11) is 1.73. The van der Waals surface area contributed by atoms with Gasteiger partial charge in [0.25, 0.3) is 5.56 Å². The predicted molar refractivity (Wildman–Crippen MR) is 127 cm³/mol. The SMILES string of the molecule is Cn1c(N2CCC=C(c3ccccc3C(=O)C3CCNC3)C2)nc(-c2ccncn2)cc1=O. The highest BCUT2D eigenvalue weighted by molar-refractivity contribution is 6.02. The minimum atomic E-state index is -0.144. The van der Waals surface area contributed by atoms with Crippen LogP contribution in [0.25, 0.3) is 17.0 Å². The van der Waals surface area contributed by atoms with Crippen LogP contribution in [0.3, 0.4) is 0 Å². The molecule has 3 aromatic rings. The normalized spacial score (nSPS) is 18.3. The van der Waals surface area contributed by atoms with Crippen LogP contribution >= 0.6 is 0 Å². The van der Waals surface area contributed by atoms with Gasteiger partial charge >= 0.3 is 0 Å². The van der Waals surface area contributed by atoms with Crippen molar-refractivity contribution >= 4 is 17.3 Å². The van der Waals surface area contributed by atoms with Crippen LogP contribution in [0.5, 0.6) is 0 Å². The first kappa shape index (κ1) is 21.2. The lowest BCUT2D eigenvalue weighted by Crippen LogP contribution is -2.35. The van der Waals surface area contributed by atoms with E-state index in [2.05, 4.69) is 26.3 Å². The van der Waals surface area contributed by atoms with Gasteiger partial charge in [0, 0.05) is 50.4 Å². The zero-order valence-corrected chi connectivity index (χ0v) is 18.6. The fraction of sp³-hybridized carbons (Fsp3) is 0.320. The first-order valence-corrected chi connectivity index (χ1v) is 11.2. The quantitative estimate of drug-likeness (QED) is 0.606. The van der Waals surface area contributed by atoms with E-state index in [9.17, 15) is 9.59 Å². The van der Waals surface area contributed by atoms with E-state index in [1.54, 1.807) is 23.9 Å². The standard InChI is InChI=1S/C25H26N6O2/c1-30-23(32)13-22(21-9-11-27-16-28-21)29-25(30)31-12-4-5-18(15-31)19-6-2-3-7-20(19)24(33)17-8-10-26-14-17/h2-3,5-7,9,11,13,16-17,26H,4,8,10,12,14-15H2,1H3. The molecule has 8 nitrogen and oxygen atoms in total. The summed E-state index contributed by atoms with van der Waals surface area (Å²) in [6, 6.07) is 11.1. The number of carbonyl (C=O) groups excluding carboxylic acids is 1. The van der Waals surface area contributed by atoms with Crippen molar-refractivity contribution in [3.05, 3.63) is 76.5 Å². The molecule has 0 saturated carbocycles. The Labute approximate surface area is 192 Å². The van der Waals surface area contributed by atoms with Crippen LogP contribution < -0.4 is 15.8 Å². The topological polar surface area (TPSA) is 93.0 Å². The van der Waals surface area contributed by atoms with Gasteiger partial charge in [-0.25, -0.2) is 15.0 Å². The summed E-state index contributed by atoms with van der Waals surface area (Å²) in [5.41, 5.74) is 3.81. The maximum atomic E-state index is 13.2. The number of hydrogen-bond acceptors (Lipinski definition) is 7. The third-order valence-electron chi connectivity index (χ3n) is 6.36. The maximum Gasteiger partial charge on any atom is 0.255 e. The molecule has 1 atom stereocenters. The molecule has 0 radical (unpaired) electrons. The lowest BCUT2D eigenvalue weighted by molar-refractivity contribution is 0.0930. The number of hydrogen-bond donors (Lipinski definition) is 1. The van der Waals surface area contributed by atoms with Crippen molar-refractivity contribution < 1.29 is 4.79 Å². The lowest BCUT2D eigenvalue weighted by atomic mass is 9.89. The number of aromatic nitrogens is 4. The van der Waals surface area contributed by atoms with Crippen LogP contribution in [-0.4, -0.2) is 51.5 Å².